The summed E-state index contributed by atoms with van der Waals surface area (Å²) in [5.41, 5.74) is -0.596. The van der Waals surface area contributed by atoms with Gasteiger partial charge >= 0.3 is 5.69 Å². The molecule has 0 spiro atoms. The van der Waals surface area contributed by atoms with E-state index in [1.54, 1.807) is 0 Å². The summed E-state index contributed by atoms with van der Waals surface area (Å²) < 4.78 is 13.8. The fourth-order valence-corrected chi connectivity index (χ4v) is 2.12. The highest BCUT2D eigenvalue weighted by molar-refractivity contribution is 5.36. The van der Waals surface area contributed by atoms with Crippen molar-refractivity contribution >= 4 is 5.69 Å². The number of nitrogens with one attached hydrogen (secondary N) is 1. The maximum Gasteiger partial charge on any atom is 0.305 e. The fourth-order valence-electron chi connectivity index (χ4n) is 2.12. The lowest BCUT2D eigenvalue weighted by Gasteiger charge is -2.41. The molecule has 0 atom stereocenters. The molecule has 1 aromatic carbocycles. The molecule has 2 N–H and O–H groups in total. The number of nitrogens with zero attached hydrogens (tertiary/aromatic N) is 1. The van der Waals surface area contributed by atoms with Crippen molar-refractivity contribution in [1.29, 1.82) is 0 Å². The van der Waals surface area contributed by atoms with E-state index in [0.717, 1.165) is 25.3 Å². The van der Waals surface area contributed by atoms with Gasteiger partial charge in [-0.05, 0) is 19.3 Å². The first-order valence-corrected chi connectivity index (χ1v) is 5.86. The number of nitro benzene ring substituents is 1. The second-order valence-corrected chi connectivity index (χ2v) is 4.65. The molecule has 98 valence electrons. The van der Waals surface area contributed by atoms with Gasteiger partial charge in [0, 0.05) is 23.7 Å². The van der Waals surface area contributed by atoms with Gasteiger partial charge in [0.05, 0.1) is 11.5 Å². The zero-order valence-electron chi connectivity index (χ0n) is 9.86. The Labute approximate surface area is 104 Å². The summed E-state index contributed by atoms with van der Waals surface area (Å²) in [7, 11) is 0. The molecule has 1 saturated carbocycles. The van der Waals surface area contributed by atoms with Crippen LogP contribution in [0, 0.1) is 15.9 Å². The quantitative estimate of drug-likeness (QED) is 0.620. The molecule has 0 saturated heterocycles. The summed E-state index contributed by atoms with van der Waals surface area (Å²) >= 11 is 0. The number of rotatable bonds is 5. The van der Waals surface area contributed by atoms with E-state index in [1.807, 2.05) is 0 Å². The molecule has 0 radical (unpaired) electrons. The average Bonchev–Trinajstić information content (AvgIpc) is 2.29. The molecule has 0 unspecified atom stereocenters. The zero-order chi connectivity index (χ0) is 13.2. The largest absolute Gasteiger partial charge is 0.394 e. The molecule has 1 aliphatic rings. The van der Waals surface area contributed by atoms with Crippen LogP contribution in [-0.4, -0.2) is 22.2 Å². The SMILES string of the molecule is O=[N+]([O-])c1cccc(CNC2(CO)CCC2)c1F. The van der Waals surface area contributed by atoms with Crippen LogP contribution in [0.1, 0.15) is 24.8 Å². The van der Waals surface area contributed by atoms with Crippen LogP contribution in [0.4, 0.5) is 10.1 Å². The number of benzene rings is 1. The second-order valence-electron chi connectivity index (χ2n) is 4.65. The van der Waals surface area contributed by atoms with Crippen molar-refractivity contribution in [3.8, 4) is 0 Å². The van der Waals surface area contributed by atoms with Gasteiger partial charge < -0.3 is 10.4 Å². The van der Waals surface area contributed by atoms with Crippen molar-refractivity contribution in [1.82, 2.24) is 5.32 Å². The second kappa shape index (κ2) is 4.99. The Morgan fingerprint density at radius 2 is 2.22 bits per heavy atom. The van der Waals surface area contributed by atoms with Gasteiger partial charge in [-0.25, -0.2) is 0 Å². The molecular weight excluding hydrogens is 239 g/mol. The molecule has 0 amide bonds. The highest BCUT2D eigenvalue weighted by atomic mass is 19.1. The molecule has 1 aliphatic carbocycles. The molecule has 0 aliphatic heterocycles. The lowest BCUT2D eigenvalue weighted by molar-refractivity contribution is -0.387. The van der Waals surface area contributed by atoms with Crippen molar-refractivity contribution < 1.29 is 14.4 Å². The summed E-state index contributed by atoms with van der Waals surface area (Å²) in [6, 6.07) is 4.12. The Morgan fingerprint density at radius 3 is 2.72 bits per heavy atom. The minimum atomic E-state index is -0.803. The van der Waals surface area contributed by atoms with Crippen molar-refractivity contribution in [2.45, 2.75) is 31.3 Å². The van der Waals surface area contributed by atoms with Crippen molar-refractivity contribution in [2.75, 3.05) is 6.61 Å². The number of aliphatic hydroxyl groups is 1. The third kappa shape index (κ3) is 2.34. The Hall–Kier alpha value is -1.53. The first kappa shape index (κ1) is 12.9. The predicted octanol–water partition coefficient (Wildman–Crippen LogP) is 1.74. The van der Waals surface area contributed by atoms with Crippen LogP contribution < -0.4 is 5.32 Å². The summed E-state index contributed by atoms with van der Waals surface area (Å²) in [4.78, 5) is 9.87. The number of halogens is 1. The summed E-state index contributed by atoms with van der Waals surface area (Å²) in [5.74, 6) is -0.803. The molecule has 1 aromatic rings. The standard InChI is InChI=1S/C12H15FN2O3/c13-11-9(3-1-4-10(11)15(17)18)7-14-12(8-16)5-2-6-12/h1,3-4,14,16H,2,5-8H2. The molecule has 0 bridgehead atoms. The first-order chi connectivity index (χ1) is 8.58. The smallest absolute Gasteiger partial charge is 0.305 e. The van der Waals surface area contributed by atoms with E-state index < -0.39 is 16.4 Å². The minimum Gasteiger partial charge on any atom is -0.394 e. The molecule has 18 heavy (non-hydrogen) atoms. The summed E-state index contributed by atoms with van der Waals surface area (Å²) in [6.45, 7) is 0.192. The highest BCUT2D eigenvalue weighted by Gasteiger charge is 2.35. The lowest BCUT2D eigenvalue weighted by atomic mass is 9.77. The van der Waals surface area contributed by atoms with Crippen molar-refractivity contribution in [3.05, 3.63) is 39.7 Å². The summed E-state index contributed by atoms with van der Waals surface area (Å²) in [5, 5.41) is 23.0. The maximum absolute atomic E-state index is 13.8. The van der Waals surface area contributed by atoms with E-state index in [9.17, 15) is 19.6 Å². The Morgan fingerprint density at radius 1 is 1.50 bits per heavy atom. The predicted molar refractivity (Wildman–Crippen MR) is 63.6 cm³/mol. The van der Waals surface area contributed by atoms with Gasteiger partial charge in [0.2, 0.25) is 5.82 Å². The normalized spacial score (nSPS) is 17.2. The Balaban J connectivity index is 2.10. The van der Waals surface area contributed by atoms with Gasteiger partial charge in [0.15, 0.2) is 0 Å². The number of aliphatic hydroxyl groups excluding tert-OH is 1. The maximum atomic E-state index is 13.8. The van der Waals surface area contributed by atoms with Crippen molar-refractivity contribution in [3.63, 3.8) is 0 Å². The zero-order valence-corrected chi connectivity index (χ0v) is 9.86. The van der Waals surface area contributed by atoms with E-state index in [-0.39, 0.29) is 24.3 Å². The van der Waals surface area contributed by atoms with Gasteiger partial charge in [-0.2, -0.15) is 4.39 Å². The first-order valence-electron chi connectivity index (χ1n) is 5.86. The van der Waals surface area contributed by atoms with Gasteiger partial charge in [-0.15, -0.1) is 0 Å². The average molecular weight is 254 g/mol. The molecule has 5 nitrogen and oxygen atoms in total. The monoisotopic (exact) mass is 254 g/mol. The van der Waals surface area contributed by atoms with Crippen LogP contribution >= 0.6 is 0 Å². The van der Waals surface area contributed by atoms with Crippen LogP contribution in [0.2, 0.25) is 0 Å². The highest BCUT2D eigenvalue weighted by Crippen LogP contribution is 2.32. The number of hydrogen-bond acceptors (Lipinski definition) is 4. The van der Waals surface area contributed by atoms with Gasteiger partial charge in [0.1, 0.15) is 0 Å². The molecule has 0 heterocycles. The molecule has 1 fully saturated rings. The summed E-state index contributed by atoms with van der Waals surface area (Å²) in [6.07, 6.45) is 2.73. The number of nitro groups is 1. The topological polar surface area (TPSA) is 75.4 Å². The van der Waals surface area contributed by atoms with Gasteiger partial charge in [-0.1, -0.05) is 12.1 Å². The number of hydrogen-bond donors (Lipinski definition) is 2. The molecule has 0 aromatic heterocycles. The van der Waals surface area contributed by atoms with Crippen LogP contribution in [0.15, 0.2) is 18.2 Å². The lowest BCUT2D eigenvalue weighted by Crippen LogP contribution is -2.53. The Bertz CT molecular complexity index is 455. The molecule has 6 heteroatoms. The van der Waals surface area contributed by atoms with Gasteiger partial charge in [-0.3, -0.25) is 10.1 Å². The molecular formula is C12H15FN2O3. The van der Waals surface area contributed by atoms with E-state index in [1.165, 1.54) is 12.1 Å². The Kier molecular flexibility index (Phi) is 3.58. The van der Waals surface area contributed by atoms with Crippen LogP contribution in [0.5, 0.6) is 0 Å². The van der Waals surface area contributed by atoms with E-state index in [4.69, 9.17) is 0 Å². The fraction of sp³-hybridized carbons (Fsp3) is 0.500. The van der Waals surface area contributed by atoms with E-state index in [2.05, 4.69) is 5.32 Å². The third-order valence-corrected chi connectivity index (χ3v) is 3.52. The van der Waals surface area contributed by atoms with Crippen LogP contribution in [0.3, 0.4) is 0 Å². The van der Waals surface area contributed by atoms with Crippen LogP contribution in [0.25, 0.3) is 0 Å². The third-order valence-electron chi connectivity index (χ3n) is 3.52. The van der Waals surface area contributed by atoms with Crippen LogP contribution in [-0.2, 0) is 6.54 Å². The molecule has 2 rings (SSSR count). The van der Waals surface area contributed by atoms with E-state index >= 15 is 0 Å². The van der Waals surface area contributed by atoms with Crippen molar-refractivity contribution in [2.24, 2.45) is 0 Å². The van der Waals surface area contributed by atoms with E-state index in [0.29, 0.717) is 0 Å². The minimum absolute atomic E-state index is 0.00352. The van der Waals surface area contributed by atoms with Gasteiger partial charge in [0.25, 0.3) is 0 Å².